The summed E-state index contributed by atoms with van der Waals surface area (Å²) in [4.78, 5) is 12.2. The highest BCUT2D eigenvalue weighted by Gasteiger charge is 2.13. The number of rotatable bonds is 5. The van der Waals surface area contributed by atoms with Crippen LogP contribution in [0.4, 0.5) is 0 Å². The van der Waals surface area contributed by atoms with Crippen LogP contribution in [0.1, 0.15) is 22.0 Å². The lowest BCUT2D eigenvalue weighted by atomic mass is 10.1. The molecule has 0 saturated heterocycles. The maximum absolute atomic E-state index is 12.2. The molecular weight excluding hydrogens is 334 g/mol. The molecule has 0 aromatic heterocycles. The Morgan fingerprint density at radius 3 is 2.67 bits per heavy atom. The normalized spacial score (nSPS) is 11.8. The molecule has 0 fully saturated rings. The van der Waals surface area contributed by atoms with Crippen LogP contribution in [0.25, 0.3) is 0 Å². The molecule has 21 heavy (non-hydrogen) atoms. The van der Waals surface area contributed by atoms with Crippen molar-refractivity contribution in [2.75, 3.05) is 13.7 Å². The Hall–Kier alpha value is -1.85. The molecule has 0 aliphatic rings. The minimum atomic E-state index is -0.737. The number of aliphatic hydroxyl groups excluding tert-OH is 1. The largest absolute Gasteiger partial charge is 0.497 e. The molecule has 110 valence electrons. The zero-order valence-electron chi connectivity index (χ0n) is 11.5. The van der Waals surface area contributed by atoms with Crippen LogP contribution >= 0.6 is 15.9 Å². The lowest BCUT2D eigenvalue weighted by Gasteiger charge is -2.13. The maximum Gasteiger partial charge on any atom is 0.252 e. The Labute approximate surface area is 131 Å². The fourth-order valence-corrected chi connectivity index (χ4v) is 2.31. The number of hydrogen-bond donors (Lipinski definition) is 2. The van der Waals surface area contributed by atoms with E-state index < -0.39 is 6.10 Å². The van der Waals surface area contributed by atoms with Crippen molar-refractivity contribution in [2.24, 2.45) is 0 Å². The van der Waals surface area contributed by atoms with Crippen molar-refractivity contribution in [3.8, 4) is 5.75 Å². The molecule has 2 aromatic rings. The number of benzene rings is 2. The summed E-state index contributed by atoms with van der Waals surface area (Å²) in [5.41, 5.74) is 1.23. The van der Waals surface area contributed by atoms with E-state index in [0.717, 1.165) is 5.56 Å². The molecule has 2 rings (SSSR count). The van der Waals surface area contributed by atoms with Gasteiger partial charge in [-0.15, -0.1) is 0 Å². The summed E-state index contributed by atoms with van der Waals surface area (Å²) < 4.78 is 5.78. The third-order valence-electron chi connectivity index (χ3n) is 3.06. The monoisotopic (exact) mass is 349 g/mol. The number of ether oxygens (including phenoxy) is 1. The third kappa shape index (κ3) is 4.06. The molecule has 2 N–H and O–H groups in total. The standard InChI is InChI=1S/C16H16BrNO3/c1-21-12-7-8-14(17)13(9-12)16(20)18-10-15(19)11-5-3-2-4-6-11/h2-9,15,19H,10H2,1H3,(H,18,20). The van der Waals surface area contributed by atoms with Crippen LogP contribution < -0.4 is 10.1 Å². The average molecular weight is 350 g/mol. The van der Waals surface area contributed by atoms with Crippen molar-refractivity contribution < 1.29 is 14.6 Å². The van der Waals surface area contributed by atoms with E-state index in [9.17, 15) is 9.90 Å². The highest BCUT2D eigenvalue weighted by Crippen LogP contribution is 2.22. The van der Waals surface area contributed by atoms with E-state index in [4.69, 9.17) is 4.74 Å². The van der Waals surface area contributed by atoms with E-state index >= 15 is 0 Å². The van der Waals surface area contributed by atoms with Gasteiger partial charge < -0.3 is 15.2 Å². The number of methoxy groups -OCH3 is 1. The second-order valence-corrected chi connectivity index (χ2v) is 5.34. The average Bonchev–Trinajstić information content (AvgIpc) is 2.53. The summed E-state index contributed by atoms with van der Waals surface area (Å²) in [6, 6.07) is 14.4. The molecule has 0 aliphatic heterocycles. The Bertz CT molecular complexity index is 616. The minimum absolute atomic E-state index is 0.145. The molecule has 0 aliphatic carbocycles. The Balaban J connectivity index is 2.02. The highest BCUT2D eigenvalue weighted by atomic mass is 79.9. The van der Waals surface area contributed by atoms with E-state index in [2.05, 4.69) is 21.2 Å². The van der Waals surface area contributed by atoms with Gasteiger partial charge in [0.25, 0.3) is 5.91 Å². The molecule has 1 amide bonds. The smallest absolute Gasteiger partial charge is 0.252 e. The first-order valence-corrected chi connectivity index (χ1v) is 7.26. The summed E-state index contributed by atoms with van der Waals surface area (Å²) in [7, 11) is 1.55. The van der Waals surface area contributed by atoms with Gasteiger partial charge in [-0.2, -0.15) is 0 Å². The Kier molecular flexibility index (Phi) is 5.36. The molecule has 0 saturated carbocycles. The van der Waals surface area contributed by atoms with Gasteiger partial charge in [0.2, 0.25) is 0 Å². The van der Waals surface area contributed by atoms with Crippen LogP contribution in [0, 0.1) is 0 Å². The number of halogens is 1. The van der Waals surface area contributed by atoms with E-state index in [1.165, 1.54) is 0 Å². The number of carbonyl (C=O) groups excluding carboxylic acids is 1. The van der Waals surface area contributed by atoms with Gasteiger partial charge in [-0.1, -0.05) is 30.3 Å². The molecule has 0 spiro atoms. The highest BCUT2D eigenvalue weighted by molar-refractivity contribution is 9.10. The molecule has 5 heteroatoms. The molecule has 0 radical (unpaired) electrons. The molecule has 4 nitrogen and oxygen atoms in total. The third-order valence-corrected chi connectivity index (χ3v) is 3.75. The van der Waals surface area contributed by atoms with Gasteiger partial charge in [0.15, 0.2) is 0 Å². The van der Waals surface area contributed by atoms with Crippen LogP contribution in [-0.4, -0.2) is 24.7 Å². The maximum atomic E-state index is 12.2. The van der Waals surface area contributed by atoms with Crippen LogP contribution in [0.3, 0.4) is 0 Å². The first kappa shape index (κ1) is 15.5. The predicted octanol–water partition coefficient (Wildman–Crippen LogP) is 2.92. The lowest BCUT2D eigenvalue weighted by Crippen LogP contribution is -2.28. The summed E-state index contributed by atoms with van der Waals surface area (Å²) in [6.45, 7) is 0.145. The van der Waals surface area contributed by atoms with Gasteiger partial charge >= 0.3 is 0 Å². The van der Waals surface area contributed by atoms with Crippen molar-refractivity contribution in [2.45, 2.75) is 6.10 Å². The number of amides is 1. The Morgan fingerprint density at radius 2 is 2.00 bits per heavy atom. The molecule has 0 heterocycles. The van der Waals surface area contributed by atoms with Gasteiger partial charge in [0.1, 0.15) is 5.75 Å². The topological polar surface area (TPSA) is 58.6 Å². The van der Waals surface area contributed by atoms with E-state index in [0.29, 0.717) is 15.8 Å². The number of aliphatic hydroxyl groups is 1. The first-order valence-electron chi connectivity index (χ1n) is 6.46. The van der Waals surface area contributed by atoms with Crippen molar-refractivity contribution in [1.82, 2.24) is 5.32 Å². The lowest BCUT2D eigenvalue weighted by molar-refractivity contribution is 0.0915. The van der Waals surface area contributed by atoms with E-state index in [-0.39, 0.29) is 12.5 Å². The number of nitrogens with one attached hydrogen (secondary N) is 1. The fourth-order valence-electron chi connectivity index (χ4n) is 1.88. The molecule has 1 atom stereocenters. The fraction of sp³-hybridized carbons (Fsp3) is 0.188. The SMILES string of the molecule is COc1ccc(Br)c(C(=O)NCC(O)c2ccccc2)c1. The van der Waals surface area contributed by atoms with Gasteiger partial charge in [-0.3, -0.25) is 4.79 Å². The van der Waals surface area contributed by atoms with E-state index in [1.807, 2.05) is 30.3 Å². The summed E-state index contributed by atoms with van der Waals surface area (Å²) in [6.07, 6.45) is -0.737. The van der Waals surface area contributed by atoms with Gasteiger partial charge in [-0.05, 0) is 39.7 Å². The van der Waals surface area contributed by atoms with E-state index in [1.54, 1.807) is 25.3 Å². The summed E-state index contributed by atoms with van der Waals surface area (Å²) in [5.74, 6) is 0.336. The second-order valence-electron chi connectivity index (χ2n) is 4.48. The zero-order chi connectivity index (χ0) is 15.2. The van der Waals surface area contributed by atoms with Gasteiger partial charge in [-0.25, -0.2) is 0 Å². The number of hydrogen-bond acceptors (Lipinski definition) is 3. The van der Waals surface area contributed by atoms with Gasteiger partial charge in [0.05, 0.1) is 18.8 Å². The predicted molar refractivity (Wildman–Crippen MR) is 84.4 cm³/mol. The van der Waals surface area contributed by atoms with Gasteiger partial charge in [0, 0.05) is 11.0 Å². The van der Waals surface area contributed by atoms with Crippen LogP contribution in [-0.2, 0) is 0 Å². The van der Waals surface area contributed by atoms with Crippen molar-refractivity contribution in [3.63, 3.8) is 0 Å². The minimum Gasteiger partial charge on any atom is -0.497 e. The van der Waals surface area contributed by atoms with Crippen molar-refractivity contribution in [1.29, 1.82) is 0 Å². The zero-order valence-corrected chi connectivity index (χ0v) is 13.1. The van der Waals surface area contributed by atoms with Crippen LogP contribution in [0.15, 0.2) is 53.0 Å². The molecule has 2 aromatic carbocycles. The molecular formula is C16H16BrNO3. The first-order chi connectivity index (χ1) is 10.1. The number of carbonyl (C=O) groups is 1. The quantitative estimate of drug-likeness (QED) is 0.872. The summed E-state index contributed by atoms with van der Waals surface area (Å²) >= 11 is 3.33. The van der Waals surface area contributed by atoms with Crippen LogP contribution in [0.2, 0.25) is 0 Å². The van der Waals surface area contributed by atoms with Crippen molar-refractivity contribution in [3.05, 3.63) is 64.1 Å². The molecule has 0 bridgehead atoms. The Morgan fingerprint density at radius 1 is 1.29 bits per heavy atom. The second kappa shape index (κ2) is 7.24. The summed E-state index contributed by atoms with van der Waals surface area (Å²) in [5, 5.41) is 12.8. The van der Waals surface area contributed by atoms with Crippen LogP contribution in [0.5, 0.6) is 5.75 Å². The van der Waals surface area contributed by atoms with Crippen molar-refractivity contribution >= 4 is 21.8 Å². The molecule has 1 unspecified atom stereocenters.